The molecule has 4 nitrogen and oxygen atoms in total. The van der Waals surface area contributed by atoms with Gasteiger partial charge < -0.3 is 15.0 Å². The molecule has 1 aliphatic rings. The summed E-state index contributed by atoms with van der Waals surface area (Å²) in [4.78, 5) is 18.6. The largest absolute Gasteiger partial charge is 0.396 e. The number of rotatable bonds is 2. The number of allylic oxidation sites excluding steroid dienone is 1. The number of aliphatic hydroxyl groups excluding tert-OH is 1. The van der Waals surface area contributed by atoms with Crippen LogP contribution < -0.4 is 0 Å². The Labute approximate surface area is 143 Å². The second-order valence-corrected chi connectivity index (χ2v) is 6.71. The third-order valence-corrected chi connectivity index (χ3v) is 5.09. The monoisotopic (exact) mass is 326 g/mol. The Balaban J connectivity index is 2.04. The molecule has 2 N–H and O–H groups in total. The summed E-state index contributed by atoms with van der Waals surface area (Å²) in [5.41, 5.74) is 4.17. The number of aromatic amines is 1. The SMILES string of the molecule is C/C=C1\CN(C)CCc2c([nH]c3ccccc23)C(=O)CC1CCO. The first-order chi connectivity index (χ1) is 11.6. The molecule has 3 rings (SSSR count). The van der Waals surface area contributed by atoms with Crippen LogP contribution in [0.2, 0.25) is 0 Å². The molecule has 2 aromatic rings. The maximum Gasteiger partial charge on any atom is 0.179 e. The highest BCUT2D eigenvalue weighted by atomic mass is 16.3. The van der Waals surface area contributed by atoms with Gasteiger partial charge in [0.15, 0.2) is 5.78 Å². The lowest BCUT2D eigenvalue weighted by molar-refractivity contribution is 0.0953. The first kappa shape index (κ1) is 16.9. The second-order valence-electron chi connectivity index (χ2n) is 6.71. The molecule has 1 aromatic heterocycles. The van der Waals surface area contributed by atoms with Crippen molar-refractivity contribution in [2.45, 2.75) is 26.2 Å². The minimum atomic E-state index is 0.104. The molecule has 2 heterocycles. The summed E-state index contributed by atoms with van der Waals surface area (Å²) < 4.78 is 0. The highest BCUT2D eigenvalue weighted by Crippen LogP contribution is 2.29. The molecule has 0 fully saturated rings. The lowest BCUT2D eigenvalue weighted by atomic mass is 9.87. The van der Waals surface area contributed by atoms with Gasteiger partial charge in [-0.25, -0.2) is 0 Å². The van der Waals surface area contributed by atoms with E-state index in [0.717, 1.165) is 41.7 Å². The molecular weight excluding hydrogens is 300 g/mol. The summed E-state index contributed by atoms with van der Waals surface area (Å²) in [7, 11) is 2.12. The smallest absolute Gasteiger partial charge is 0.179 e. The minimum absolute atomic E-state index is 0.104. The van der Waals surface area contributed by atoms with Crippen molar-refractivity contribution in [3.8, 4) is 0 Å². The topological polar surface area (TPSA) is 56.3 Å². The Morgan fingerprint density at radius 3 is 2.92 bits per heavy atom. The predicted molar refractivity (Wildman–Crippen MR) is 97.4 cm³/mol. The number of aliphatic hydroxyl groups is 1. The van der Waals surface area contributed by atoms with Crippen LogP contribution in [-0.2, 0) is 6.42 Å². The highest BCUT2D eigenvalue weighted by Gasteiger charge is 2.25. The summed E-state index contributed by atoms with van der Waals surface area (Å²) >= 11 is 0. The Bertz CT molecular complexity index is 760. The van der Waals surface area contributed by atoms with E-state index < -0.39 is 0 Å². The molecular formula is C20H26N2O2. The van der Waals surface area contributed by atoms with Crippen LogP contribution >= 0.6 is 0 Å². The van der Waals surface area contributed by atoms with Gasteiger partial charge in [0.1, 0.15) is 0 Å². The number of aromatic nitrogens is 1. The van der Waals surface area contributed by atoms with Crippen LogP contribution in [0.5, 0.6) is 0 Å². The normalized spacial score (nSPS) is 22.0. The van der Waals surface area contributed by atoms with Crippen LogP contribution in [0.4, 0.5) is 0 Å². The number of Topliss-reactive ketones (excluding diaryl/α,β-unsaturated/α-hetero) is 1. The van der Waals surface area contributed by atoms with Crippen LogP contribution in [0.25, 0.3) is 10.9 Å². The van der Waals surface area contributed by atoms with Gasteiger partial charge in [-0.05, 0) is 44.4 Å². The molecule has 0 amide bonds. The number of fused-ring (bicyclic) bond motifs is 3. The lowest BCUT2D eigenvalue weighted by Crippen LogP contribution is -2.29. The number of para-hydroxylation sites is 1. The number of ketones is 1. The minimum Gasteiger partial charge on any atom is -0.396 e. The Hall–Kier alpha value is -1.91. The van der Waals surface area contributed by atoms with Gasteiger partial charge >= 0.3 is 0 Å². The van der Waals surface area contributed by atoms with E-state index in [1.165, 1.54) is 5.57 Å². The van der Waals surface area contributed by atoms with Crippen LogP contribution in [-0.4, -0.2) is 47.5 Å². The van der Waals surface area contributed by atoms with Gasteiger partial charge in [-0.3, -0.25) is 4.79 Å². The molecule has 1 aliphatic heterocycles. The molecule has 0 radical (unpaired) electrons. The maximum absolute atomic E-state index is 13.0. The van der Waals surface area contributed by atoms with Gasteiger partial charge in [-0.1, -0.05) is 29.8 Å². The zero-order valence-electron chi connectivity index (χ0n) is 14.5. The predicted octanol–water partition coefficient (Wildman–Crippen LogP) is 3.17. The molecule has 1 aromatic carbocycles. The molecule has 0 saturated heterocycles. The highest BCUT2D eigenvalue weighted by molar-refractivity contribution is 6.02. The lowest BCUT2D eigenvalue weighted by Gasteiger charge is -2.26. The zero-order chi connectivity index (χ0) is 17.1. The summed E-state index contributed by atoms with van der Waals surface area (Å²) in [5.74, 6) is 0.260. The van der Waals surface area contributed by atoms with E-state index in [9.17, 15) is 9.90 Å². The Morgan fingerprint density at radius 2 is 2.17 bits per heavy atom. The van der Waals surface area contributed by atoms with Crippen molar-refractivity contribution in [3.63, 3.8) is 0 Å². The molecule has 4 heteroatoms. The van der Waals surface area contributed by atoms with Crippen molar-refractivity contribution in [2.75, 3.05) is 26.7 Å². The molecule has 0 aliphatic carbocycles. The first-order valence-corrected chi connectivity index (χ1v) is 8.71. The first-order valence-electron chi connectivity index (χ1n) is 8.71. The molecule has 0 bridgehead atoms. The van der Waals surface area contributed by atoms with Crippen LogP contribution in [0.3, 0.4) is 0 Å². The van der Waals surface area contributed by atoms with Gasteiger partial charge in [0.25, 0.3) is 0 Å². The second kappa shape index (κ2) is 7.32. The quantitative estimate of drug-likeness (QED) is 0.834. The van der Waals surface area contributed by atoms with E-state index in [4.69, 9.17) is 0 Å². The number of likely N-dealkylation sites (N-methyl/N-ethyl adjacent to an activating group) is 1. The van der Waals surface area contributed by atoms with E-state index >= 15 is 0 Å². The standard InChI is InChI=1S/C20H26N2O2/c1-3-14-13-22(2)10-8-17-16-6-4-5-7-18(16)21-20(17)19(24)12-15(14)9-11-23/h3-7,15,21,23H,8-13H2,1-2H3/b14-3+. The number of carbonyl (C=O) groups excluding carboxylic acids is 1. The van der Waals surface area contributed by atoms with Crippen LogP contribution in [0, 0.1) is 5.92 Å². The van der Waals surface area contributed by atoms with Crippen molar-refractivity contribution >= 4 is 16.7 Å². The van der Waals surface area contributed by atoms with Gasteiger partial charge in [0, 0.05) is 37.0 Å². The Morgan fingerprint density at radius 1 is 1.38 bits per heavy atom. The molecule has 24 heavy (non-hydrogen) atoms. The maximum atomic E-state index is 13.0. The third-order valence-electron chi connectivity index (χ3n) is 5.09. The molecule has 0 spiro atoms. The summed E-state index contributed by atoms with van der Waals surface area (Å²) in [5, 5.41) is 10.6. The van der Waals surface area contributed by atoms with Crippen molar-refractivity contribution < 1.29 is 9.90 Å². The number of hydrogen-bond acceptors (Lipinski definition) is 3. The van der Waals surface area contributed by atoms with Crippen molar-refractivity contribution in [2.24, 2.45) is 5.92 Å². The summed E-state index contributed by atoms with van der Waals surface area (Å²) in [6, 6.07) is 8.14. The third kappa shape index (κ3) is 3.30. The fourth-order valence-electron chi connectivity index (χ4n) is 3.75. The van der Waals surface area contributed by atoms with E-state index in [0.29, 0.717) is 12.8 Å². The van der Waals surface area contributed by atoms with E-state index in [2.05, 4.69) is 29.1 Å². The fraction of sp³-hybridized carbons (Fsp3) is 0.450. The molecule has 128 valence electrons. The average molecular weight is 326 g/mol. The number of nitrogens with zero attached hydrogens (tertiary/aromatic N) is 1. The van der Waals surface area contributed by atoms with Gasteiger partial charge in [-0.2, -0.15) is 0 Å². The van der Waals surface area contributed by atoms with Gasteiger partial charge in [0.05, 0.1) is 5.69 Å². The van der Waals surface area contributed by atoms with Crippen molar-refractivity contribution in [3.05, 3.63) is 47.2 Å². The van der Waals surface area contributed by atoms with Gasteiger partial charge in [-0.15, -0.1) is 0 Å². The summed E-state index contributed by atoms with van der Waals surface area (Å²) in [6.45, 7) is 3.90. The molecule has 0 saturated carbocycles. The number of carbonyl (C=O) groups is 1. The average Bonchev–Trinajstić information content (AvgIpc) is 2.96. The number of benzene rings is 1. The summed E-state index contributed by atoms with van der Waals surface area (Å²) in [6.07, 6.45) is 4.06. The van der Waals surface area contributed by atoms with E-state index in [1.807, 2.05) is 25.1 Å². The number of H-pyrrole nitrogens is 1. The zero-order valence-corrected chi connectivity index (χ0v) is 14.5. The molecule has 1 unspecified atom stereocenters. The van der Waals surface area contributed by atoms with Gasteiger partial charge in [0.2, 0.25) is 0 Å². The fourth-order valence-corrected chi connectivity index (χ4v) is 3.75. The van der Waals surface area contributed by atoms with E-state index in [1.54, 1.807) is 0 Å². The van der Waals surface area contributed by atoms with Crippen molar-refractivity contribution in [1.82, 2.24) is 9.88 Å². The van der Waals surface area contributed by atoms with Crippen LogP contribution in [0.15, 0.2) is 35.9 Å². The Kier molecular flexibility index (Phi) is 5.17. The van der Waals surface area contributed by atoms with E-state index in [-0.39, 0.29) is 18.3 Å². The number of nitrogens with one attached hydrogen (secondary N) is 1. The number of hydrogen-bond donors (Lipinski definition) is 2. The van der Waals surface area contributed by atoms with Crippen molar-refractivity contribution in [1.29, 1.82) is 0 Å². The van der Waals surface area contributed by atoms with Crippen LogP contribution in [0.1, 0.15) is 35.8 Å². The molecule has 1 atom stereocenters.